The minimum absolute atomic E-state index is 0.0232. The monoisotopic (exact) mass is 597 g/mol. The molecular formula is C24H51N7O10. The van der Waals surface area contributed by atoms with Crippen molar-refractivity contribution < 1.29 is 50.0 Å². The van der Waals surface area contributed by atoms with Crippen LogP contribution in [0.4, 0.5) is 0 Å². The molecule has 0 aromatic heterocycles. The molecule has 16 atom stereocenters. The first kappa shape index (κ1) is 34.8. The van der Waals surface area contributed by atoms with Gasteiger partial charge in [0.1, 0.15) is 36.6 Å². The summed E-state index contributed by atoms with van der Waals surface area (Å²) in [7, 11) is 0. The second-order valence-corrected chi connectivity index (χ2v) is 11.2. The van der Waals surface area contributed by atoms with Crippen molar-refractivity contribution in [1.82, 2.24) is 10.6 Å². The molecule has 3 rings (SSSR count). The van der Waals surface area contributed by atoms with Crippen LogP contribution in [0.15, 0.2) is 0 Å². The quantitative estimate of drug-likeness (QED) is 0.0876. The molecule has 2 saturated heterocycles. The van der Waals surface area contributed by atoms with Gasteiger partial charge in [-0.05, 0) is 25.9 Å². The van der Waals surface area contributed by atoms with E-state index in [-0.39, 0.29) is 26.1 Å². The van der Waals surface area contributed by atoms with Crippen molar-refractivity contribution in [3.63, 3.8) is 0 Å². The minimum Gasteiger partial charge on any atom is -0.394 e. The molecule has 0 bridgehead atoms. The Balaban J connectivity index is 1.92. The number of hydrogen-bond acceptors (Lipinski definition) is 17. The highest BCUT2D eigenvalue weighted by Gasteiger charge is 2.55. The van der Waals surface area contributed by atoms with Crippen LogP contribution in [0, 0.1) is 5.92 Å². The number of ether oxygens (including phenoxy) is 3. The summed E-state index contributed by atoms with van der Waals surface area (Å²) >= 11 is 0. The predicted molar refractivity (Wildman–Crippen MR) is 145 cm³/mol. The van der Waals surface area contributed by atoms with Crippen molar-refractivity contribution in [3.05, 3.63) is 0 Å². The number of rotatable bonds is 13. The fourth-order valence-electron chi connectivity index (χ4n) is 5.99. The largest absolute Gasteiger partial charge is 0.394 e. The SMILES string of the molecule is NCCCNC1C(O)C(O)C(CN)OC1C1C(N)CC(NCC(O)CN)C(OC2OC(CO)C(O)C(N)C2O)C1O. The molecule has 1 aliphatic carbocycles. The minimum atomic E-state index is -1.51. The van der Waals surface area contributed by atoms with E-state index >= 15 is 0 Å². The smallest absolute Gasteiger partial charge is 0.186 e. The van der Waals surface area contributed by atoms with E-state index in [1.165, 1.54) is 0 Å². The molecule has 3 aliphatic rings. The van der Waals surface area contributed by atoms with Crippen LogP contribution in [0.3, 0.4) is 0 Å². The van der Waals surface area contributed by atoms with Gasteiger partial charge in [-0.15, -0.1) is 0 Å². The average molecular weight is 598 g/mol. The fourth-order valence-corrected chi connectivity index (χ4v) is 5.99. The van der Waals surface area contributed by atoms with Crippen LogP contribution in [-0.4, -0.2) is 167 Å². The van der Waals surface area contributed by atoms with Gasteiger partial charge in [0.05, 0.1) is 43.1 Å². The topological polar surface area (TPSA) is 323 Å². The zero-order valence-corrected chi connectivity index (χ0v) is 23.1. The maximum absolute atomic E-state index is 11.8. The van der Waals surface area contributed by atoms with Gasteiger partial charge < -0.3 is 89.3 Å². The van der Waals surface area contributed by atoms with Crippen LogP contribution >= 0.6 is 0 Å². The molecule has 17 heteroatoms. The lowest BCUT2D eigenvalue weighted by Gasteiger charge is -2.53. The molecule has 0 amide bonds. The Morgan fingerprint density at radius 2 is 1.59 bits per heavy atom. The zero-order valence-electron chi connectivity index (χ0n) is 23.1. The van der Waals surface area contributed by atoms with Crippen molar-refractivity contribution in [2.75, 3.05) is 39.3 Å². The van der Waals surface area contributed by atoms with Crippen molar-refractivity contribution in [1.29, 1.82) is 0 Å². The van der Waals surface area contributed by atoms with Crippen LogP contribution in [-0.2, 0) is 14.2 Å². The van der Waals surface area contributed by atoms with Gasteiger partial charge in [-0.1, -0.05) is 0 Å². The molecule has 2 heterocycles. The average Bonchev–Trinajstić information content (AvgIpc) is 2.96. The summed E-state index contributed by atoms with van der Waals surface area (Å²) < 4.78 is 17.9. The number of nitrogens with one attached hydrogen (secondary N) is 2. The van der Waals surface area contributed by atoms with E-state index in [4.69, 9.17) is 42.9 Å². The van der Waals surface area contributed by atoms with Crippen molar-refractivity contribution in [2.24, 2.45) is 34.6 Å². The maximum Gasteiger partial charge on any atom is 0.186 e. The molecule has 0 radical (unpaired) electrons. The highest BCUT2D eigenvalue weighted by molar-refractivity contribution is 5.08. The number of aliphatic hydroxyl groups excluding tert-OH is 7. The van der Waals surface area contributed by atoms with Crippen molar-refractivity contribution in [2.45, 2.75) is 104 Å². The molecule has 19 N–H and O–H groups in total. The van der Waals surface area contributed by atoms with E-state index in [0.717, 1.165) is 0 Å². The standard InChI is InChI=1S/C24H51N7O10/c25-2-1-3-30-16-21(38)18(35)12(6-27)39-23(16)14-10(28)4-11(31-7-9(33)5-26)22(19(14)36)41-24-20(37)15(29)17(34)13(8-32)40-24/h9-24,30-38H,1-8,25-29H2. The summed E-state index contributed by atoms with van der Waals surface area (Å²) in [4.78, 5) is 0. The van der Waals surface area contributed by atoms with Crippen LogP contribution in [0.1, 0.15) is 12.8 Å². The molecule has 1 saturated carbocycles. The Bertz CT molecular complexity index is 778. The first-order chi connectivity index (χ1) is 19.5. The summed E-state index contributed by atoms with van der Waals surface area (Å²) in [6, 6.07) is -3.48. The molecule has 17 nitrogen and oxygen atoms in total. The van der Waals surface area contributed by atoms with Crippen LogP contribution in [0.5, 0.6) is 0 Å². The van der Waals surface area contributed by atoms with Gasteiger partial charge in [-0.3, -0.25) is 0 Å². The molecule has 3 fully saturated rings. The van der Waals surface area contributed by atoms with Crippen LogP contribution in [0.2, 0.25) is 0 Å². The second kappa shape index (κ2) is 15.9. The second-order valence-electron chi connectivity index (χ2n) is 11.2. The Labute approximate surface area is 239 Å². The fraction of sp³-hybridized carbons (Fsp3) is 1.00. The third kappa shape index (κ3) is 7.89. The first-order valence-corrected chi connectivity index (χ1v) is 14.2. The van der Waals surface area contributed by atoms with Crippen molar-refractivity contribution in [3.8, 4) is 0 Å². The van der Waals surface area contributed by atoms with Crippen molar-refractivity contribution >= 4 is 0 Å². The molecule has 16 unspecified atom stereocenters. The van der Waals surface area contributed by atoms with E-state index < -0.39 is 104 Å². The highest BCUT2D eigenvalue weighted by atomic mass is 16.7. The van der Waals surface area contributed by atoms with Gasteiger partial charge in [-0.2, -0.15) is 0 Å². The number of aliphatic hydroxyl groups is 7. The van der Waals surface area contributed by atoms with E-state index in [9.17, 15) is 35.7 Å². The number of hydrogen-bond donors (Lipinski definition) is 14. The molecule has 242 valence electrons. The van der Waals surface area contributed by atoms with Gasteiger partial charge in [0.25, 0.3) is 0 Å². The van der Waals surface area contributed by atoms with Gasteiger partial charge >= 0.3 is 0 Å². The first-order valence-electron chi connectivity index (χ1n) is 14.2. The van der Waals surface area contributed by atoms with Gasteiger partial charge in [0.2, 0.25) is 0 Å². The summed E-state index contributed by atoms with van der Waals surface area (Å²) in [5.74, 6) is -0.877. The summed E-state index contributed by atoms with van der Waals surface area (Å²) in [5, 5.41) is 80.3. The van der Waals surface area contributed by atoms with Crippen LogP contribution in [0.25, 0.3) is 0 Å². The Morgan fingerprint density at radius 1 is 0.878 bits per heavy atom. The Morgan fingerprint density at radius 3 is 2.20 bits per heavy atom. The normalized spacial score (nSPS) is 46.4. The Hall–Kier alpha value is -0.680. The van der Waals surface area contributed by atoms with E-state index in [2.05, 4.69) is 10.6 Å². The zero-order chi connectivity index (χ0) is 30.4. The molecule has 0 aromatic carbocycles. The van der Waals surface area contributed by atoms with Gasteiger partial charge in [0.15, 0.2) is 6.29 Å². The third-order valence-corrected chi connectivity index (χ3v) is 8.42. The molecular weight excluding hydrogens is 546 g/mol. The van der Waals surface area contributed by atoms with Gasteiger partial charge in [0, 0.05) is 37.6 Å². The van der Waals surface area contributed by atoms with Crippen LogP contribution < -0.4 is 39.3 Å². The lowest BCUT2D eigenvalue weighted by Crippen LogP contribution is -2.72. The maximum atomic E-state index is 11.8. The summed E-state index contributed by atoms with van der Waals surface area (Å²) in [5.41, 5.74) is 29.5. The van der Waals surface area contributed by atoms with E-state index in [1.54, 1.807) is 0 Å². The van der Waals surface area contributed by atoms with E-state index in [1.807, 2.05) is 0 Å². The highest BCUT2D eigenvalue weighted by Crippen LogP contribution is 2.37. The lowest BCUT2D eigenvalue weighted by atomic mass is 9.71. The van der Waals surface area contributed by atoms with Gasteiger partial charge in [-0.25, -0.2) is 0 Å². The molecule has 2 aliphatic heterocycles. The molecule has 41 heavy (non-hydrogen) atoms. The third-order valence-electron chi connectivity index (χ3n) is 8.42. The summed E-state index contributed by atoms with van der Waals surface area (Å²) in [6.07, 6.45) is -12.6. The predicted octanol–water partition coefficient (Wildman–Crippen LogP) is -8.12. The number of nitrogens with two attached hydrogens (primary N) is 5. The molecule has 0 spiro atoms. The lowest BCUT2D eigenvalue weighted by molar-refractivity contribution is -0.308. The Kier molecular flexibility index (Phi) is 13.5. The van der Waals surface area contributed by atoms with E-state index in [0.29, 0.717) is 19.5 Å². The molecule has 0 aromatic rings. The summed E-state index contributed by atoms with van der Waals surface area (Å²) in [6.45, 7) is 0.0918.